The fraction of sp³-hybridized carbons (Fsp3) is 0.409. The summed E-state index contributed by atoms with van der Waals surface area (Å²) in [4.78, 5) is 10.2. The number of hydrogen-bond donors (Lipinski definition) is 0. The van der Waals surface area contributed by atoms with Crippen LogP contribution >= 0.6 is 22.7 Å². The van der Waals surface area contributed by atoms with E-state index in [-0.39, 0.29) is 0 Å². The summed E-state index contributed by atoms with van der Waals surface area (Å²) in [5, 5.41) is 0.902. The Morgan fingerprint density at radius 1 is 0.933 bits per heavy atom. The lowest BCUT2D eigenvalue weighted by molar-refractivity contribution is 0.384. The molecule has 5 nitrogen and oxygen atoms in total. The zero-order valence-corrected chi connectivity index (χ0v) is 20.5. The van der Waals surface area contributed by atoms with Crippen molar-refractivity contribution < 1.29 is 8.42 Å². The second kappa shape index (κ2) is 8.07. The molecule has 30 heavy (non-hydrogen) atoms. The van der Waals surface area contributed by atoms with Gasteiger partial charge in [0.05, 0.1) is 15.5 Å². The van der Waals surface area contributed by atoms with E-state index in [2.05, 4.69) is 41.9 Å². The number of rotatable bonds is 4. The highest BCUT2D eigenvalue weighted by molar-refractivity contribution is 7.89. The molecule has 0 atom stereocenters. The first kappa shape index (κ1) is 21.5. The summed E-state index contributed by atoms with van der Waals surface area (Å²) in [7, 11) is -3.51. The van der Waals surface area contributed by atoms with E-state index in [0.717, 1.165) is 20.5 Å². The fourth-order valence-electron chi connectivity index (χ4n) is 3.79. The van der Waals surface area contributed by atoms with Crippen LogP contribution in [0, 0.1) is 34.6 Å². The van der Waals surface area contributed by atoms with Gasteiger partial charge in [-0.05, 0) is 57.9 Å². The Bertz CT molecular complexity index is 1170. The van der Waals surface area contributed by atoms with Crippen LogP contribution in [-0.4, -0.2) is 43.9 Å². The van der Waals surface area contributed by atoms with Gasteiger partial charge >= 0.3 is 0 Å². The van der Waals surface area contributed by atoms with Crippen LogP contribution in [0.25, 0.3) is 9.88 Å². The van der Waals surface area contributed by atoms with Gasteiger partial charge in [0.1, 0.15) is 5.01 Å². The molecular weight excluding hydrogens is 434 g/mol. The average Bonchev–Trinajstić information content (AvgIpc) is 3.27. The molecule has 3 heterocycles. The molecule has 0 radical (unpaired) electrons. The maximum absolute atomic E-state index is 13.4. The first-order chi connectivity index (χ1) is 14.2. The van der Waals surface area contributed by atoms with Gasteiger partial charge in [0.15, 0.2) is 0 Å². The van der Waals surface area contributed by atoms with Crippen LogP contribution in [0.4, 0.5) is 5.69 Å². The Balaban J connectivity index is 1.54. The van der Waals surface area contributed by atoms with Gasteiger partial charge in [0.2, 0.25) is 10.0 Å². The van der Waals surface area contributed by atoms with Crippen molar-refractivity contribution in [3.63, 3.8) is 0 Å². The van der Waals surface area contributed by atoms with E-state index < -0.39 is 10.0 Å². The van der Waals surface area contributed by atoms with Gasteiger partial charge < -0.3 is 4.90 Å². The van der Waals surface area contributed by atoms with E-state index in [4.69, 9.17) is 0 Å². The normalized spacial score (nSPS) is 15.7. The lowest BCUT2D eigenvalue weighted by atomic mass is 10.1. The van der Waals surface area contributed by atoms with E-state index in [9.17, 15) is 8.42 Å². The number of aromatic nitrogens is 1. The highest BCUT2D eigenvalue weighted by Crippen LogP contribution is 2.37. The van der Waals surface area contributed by atoms with Crippen molar-refractivity contribution >= 4 is 38.4 Å². The molecule has 0 spiro atoms. The smallest absolute Gasteiger partial charge is 0.244 e. The van der Waals surface area contributed by atoms with Crippen LogP contribution in [-0.2, 0) is 10.0 Å². The van der Waals surface area contributed by atoms with Crippen molar-refractivity contribution in [2.75, 3.05) is 31.1 Å². The Morgan fingerprint density at radius 2 is 1.63 bits per heavy atom. The zero-order valence-electron chi connectivity index (χ0n) is 18.0. The van der Waals surface area contributed by atoms with Gasteiger partial charge in [0.25, 0.3) is 0 Å². The summed E-state index contributed by atoms with van der Waals surface area (Å²) < 4.78 is 28.4. The number of hydrogen-bond acceptors (Lipinski definition) is 6. The number of aryl methyl sites for hydroxylation is 4. The minimum Gasteiger partial charge on any atom is -0.369 e. The topological polar surface area (TPSA) is 53.5 Å². The summed E-state index contributed by atoms with van der Waals surface area (Å²) in [6, 6.07) is 8.12. The lowest BCUT2D eigenvalue weighted by Crippen LogP contribution is -2.48. The number of thiophene rings is 1. The molecular formula is C22H27N3O2S3. The minimum atomic E-state index is -3.51. The van der Waals surface area contributed by atoms with Crippen LogP contribution in [0.5, 0.6) is 0 Å². The van der Waals surface area contributed by atoms with Crippen molar-refractivity contribution in [1.82, 2.24) is 9.29 Å². The average molecular weight is 462 g/mol. The number of nitrogens with zero attached hydrogens (tertiary/aromatic N) is 3. The Hall–Kier alpha value is -1.74. The van der Waals surface area contributed by atoms with Gasteiger partial charge in [-0.1, -0.05) is 12.1 Å². The molecule has 1 aromatic carbocycles. The van der Waals surface area contributed by atoms with E-state index >= 15 is 0 Å². The van der Waals surface area contributed by atoms with Gasteiger partial charge in [-0.15, -0.1) is 22.7 Å². The minimum absolute atomic E-state index is 0.424. The first-order valence-corrected chi connectivity index (χ1v) is 13.1. The Morgan fingerprint density at radius 3 is 2.27 bits per heavy atom. The fourth-order valence-corrected chi connectivity index (χ4v) is 7.73. The van der Waals surface area contributed by atoms with Crippen LogP contribution in [0.2, 0.25) is 0 Å². The molecule has 0 aliphatic carbocycles. The maximum Gasteiger partial charge on any atom is 0.244 e. The standard InChI is InChI=1S/C22H27N3O2S3/c1-14-7-6-8-19(15(14)2)24-9-11-25(12-10-24)30(26,27)21-13-20(28-18(21)5)22-23-16(3)17(4)29-22/h6-8,13H,9-12H2,1-5H3. The molecule has 0 N–H and O–H groups in total. The molecule has 160 valence electrons. The SMILES string of the molecule is Cc1cccc(N2CCN(S(=O)(=O)c3cc(-c4nc(C)c(C)s4)sc3C)CC2)c1C. The summed E-state index contributed by atoms with van der Waals surface area (Å²) in [6.07, 6.45) is 0. The molecule has 0 amide bonds. The second-order valence-corrected chi connectivity index (χ2v) is 12.2. The predicted octanol–water partition coefficient (Wildman–Crippen LogP) is 4.92. The molecule has 8 heteroatoms. The van der Waals surface area contributed by atoms with Crippen molar-refractivity contribution in [1.29, 1.82) is 0 Å². The van der Waals surface area contributed by atoms with Crippen molar-refractivity contribution in [2.45, 2.75) is 39.5 Å². The highest BCUT2D eigenvalue weighted by atomic mass is 32.2. The molecule has 2 aromatic heterocycles. The first-order valence-electron chi connectivity index (χ1n) is 10.0. The monoisotopic (exact) mass is 461 g/mol. The predicted molar refractivity (Wildman–Crippen MR) is 127 cm³/mol. The van der Waals surface area contributed by atoms with Gasteiger partial charge in [-0.3, -0.25) is 0 Å². The van der Waals surface area contributed by atoms with E-state index in [1.807, 2.05) is 26.8 Å². The molecule has 0 bridgehead atoms. The molecule has 1 fully saturated rings. The summed E-state index contributed by atoms with van der Waals surface area (Å²) in [6.45, 7) is 12.6. The molecule has 4 rings (SSSR count). The number of anilines is 1. The van der Waals surface area contributed by atoms with Gasteiger partial charge in [-0.2, -0.15) is 4.31 Å². The maximum atomic E-state index is 13.4. The third-order valence-corrected chi connectivity index (χ3v) is 10.3. The van der Waals surface area contributed by atoms with E-state index in [0.29, 0.717) is 31.1 Å². The third-order valence-electron chi connectivity index (χ3n) is 5.88. The zero-order chi connectivity index (χ0) is 21.6. The molecule has 1 aliphatic heterocycles. The second-order valence-electron chi connectivity index (χ2n) is 7.80. The van der Waals surface area contributed by atoms with Crippen LogP contribution < -0.4 is 4.90 Å². The van der Waals surface area contributed by atoms with E-state index in [1.165, 1.54) is 33.0 Å². The number of thiazole rings is 1. The Labute approximate surface area is 187 Å². The van der Waals surface area contributed by atoms with Crippen molar-refractivity contribution in [3.8, 4) is 9.88 Å². The number of benzene rings is 1. The van der Waals surface area contributed by atoms with Crippen molar-refractivity contribution in [2.24, 2.45) is 0 Å². The lowest BCUT2D eigenvalue weighted by Gasteiger charge is -2.36. The van der Waals surface area contributed by atoms with Crippen molar-refractivity contribution in [3.05, 3.63) is 50.8 Å². The van der Waals surface area contributed by atoms with Gasteiger partial charge in [-0.25, -0.2) is 13.4 Å². The van der Waals surface area contributed by atoms with E-state index in [1.54, 1.807) is 15.6 Å². The largest absolute Gasteiger partial charge is 0.369 e. The van der Waals surface area contributed by atoms with Crippen LogP contribution in [0.15, 0.2) is 29.2 Å². The quantitative estimate of drug-likeness (QED) is 0.553. The summed E-state index contributed by atoms with van der Waals surface area (Å²) >= 11 is 3.13. The molecule has 0 saturated carbocycles. The summed E-state index contributed by atoms with van der Waals surface area (Å²) in [5.41, 5.74) is 4.74. The molecule has 0 unspecified atom stereocenters. The van der Waals surface area contributed by atoms with Gasteiger partial charge in [0, 0.05) is 41.6 Å². The summed E-state index contributed by atoms with van der Waals surface area (Å²) in [5.74, 6) is 0. The molecule has 3 aromatic rings. The number of sulfonamides is 1. The Kier molecular flexibility index (Phi) is 5.78. The number of piperazine rings is 1. The molecule has 1 aliphatic rings. The molecule has 1 saturated heterocycles. The third kappa shape index (κ3) is 3.82. The highest BCUT2D eigenvalue weighted by Gasteiger charge is 2.31. The van der Waals surface area contributed by atoms with Crippen LogP contribution in [0.1, 0.15) is 26.6 Å². The van der Waals surface area contributed by atoms with Crippen LogP contribution in [0.3, 0.4) is 0 Å².